The van der Waals surface area contributed by atoms with Gasteiger partial charge in [0.25, 0.3) is 0 Å². The van der Waals surface area contributed by atoms with Gasteiger partial charge in [-0.25, -0.2) is 0 Å². The molecule has 0 aromatic rings. The van der Waals surface area contributed by atoms with Gasteiger partial charge in [0.05, 0.1) is 12.1 Å². The van der Waals surface area contributed by atoms with Crippen LogP contribution < -0.4 is 5.32 Å². The minimum absolute atomic E-state index is 0.155. The Hall–Kier alpha value is -0.120. The van der Waals surface area contributed by atoms with Gasteiger partial charge in [0, 0.05) is 12.6 Å². The van der Waals surface area contributed by atoms with Crippen molar-refractivity contribution in [3.63, 3.8) is 0 Å². The fraction of sp³-hybridized carbons (Fsp3) is 1.00. The van der Waals surface area contributed by atoms with Gasteiger partial charge in [-0.05, 0) is 33.9 Å². The van der Waals surface area contributed by atoms with E-state index in [0.717, 1.165) is 12.6 Å². The maximum absolute atomic E-state index is 9.29. The molecule has 1 aliphatic rings. The lowest BCUT2D eigenvalue weighted by atomic mass is 10.0. The average Bonchev–Trinajstić information content (AvgIpc) is 2.70. The first-order chi connectivity index (χ1) is 6.61. The number of rotatable bonds is 5. The molecule has 1 aliphatic carbocycles. The molecule has 1 saturated carbocycles. The predicted molar refractivity (Wildman–Crippen MR) is 59.4 cm³/mol. The minimum Gasteiger partial charge on any atom is -0.394 e. The van der Waals surface area contributed by atoms with Gasteiger partial charge in [0.1, 0.15) is 0 Å². The molecule has 3 heteroatoms. The molecule has 0 aromatic carbocycles. The Kier molecular flexibility index (Phi) is 4.35. The lowest BCUT2D eigenvalue weighted by Gasteiger charge is -2.35. The van der Waals surface area contributed by atoms with E-state index in [4.69, 9.17) is 0 Å². The molecular formula is C11H24N2O. The maximum Gasteiger partial charge on any atom is 0.0623 e. The lowest BCUT2D eigenvalue weighted by Crippen LogP contribution is -2.53. The Morgan fingerprint density at radius 1 is 1.43 bits per heavy atom. The standard InChI is InChI=1S/C11H24N2O/c1-11(9-14,12-2)8-13(3)10-6-4-5-7-10/h10,12,14H,4-9H2,1-3H3. The Morgan fingerprint density at radius 2 is 2.00 bits per heavy atom. The molecule has 0 aromatic heterocycles. The van der Waals surface area contributed by atoms with Crippen LogP contribution >= 0.6 is 0 Å². The van der Waals surface area contributed by atoms with Crippen molar-refractivity contribution in [2.75, 3.05) is 27.2 Å². The van der Waals surface area contributed by atoms with Crippen molar-refractivity contribution in [1.29, 1.82) is 0 Å². The van der Waals surface area contributed by atoms with E-state index in [2.05, 4.69) is 24.2 Å². The first-order valence-electron chi connectivity index (χ1n) is 5.61. The maximum atomic E-state index is 9.29. The molecule has 1 rings (SSSR count). The van der Waals surface area contributed by atoms with Crippen molar-refractivity contribution in [3.8, 4) is 0 Å². The molecule has 2 N–H and O–H groups in total. The third-order valence-corrected chi connectivity index (χ3v) is 3.50. The SMILES string of the molecule is CNC(C)(CO)CN(C)C1CCCC1. The van der Waals surface area contributed by atoms with Crippen LogP contribution in [0.2, 0.25) is 0 Å². The zero-order valence-electron chi connectivity index (χ0n) is 9.71. The highest BCUT2D eigenvalue weighted by atomic mass is 16.3. The molecule has 1 atom stereocenters. The summed E-state index contributed by atoms with van der Waals surface area (Å²) < 4.78 is 0. The van der Waals surface area contributed by atoms with Gasteiger partial charge >= 0.3 is 0 Å². The fourth-order valence-corrected chi connectivity index (χ4v) is 2.23. The van der Waals surface area contributed by atoms with Crippen LogP contribution in [-0.4, -0.2) is 48.8 Å². The Labute approximate surface area is 87.5 Å². The number of aliphatic hydroxyl groups is 1. The monoisotopic (exact) mass is 200 g/mol. The number of likely N-dealkylation sites (N-methyl/N-ethyl adjacent to an activating group) is 2. The third kappa shape index (κ3) is 2.94. The van der Waals surface area contributed by atoms with E-state index in [1.54, 1.807) is 0 Å². The summed E-state index contributed by atoms with van der Waals surface area (Å²) in [5.41, 5.74) is -0.155. The highest BCUT2D eigenvalue weighted by Gasteiger charge is 2.27. The first kappa shape index (κ1) is 12.0. The zero-order valence-corrected chi connectivity index (χ0v) is 9.71. The molecule has 0 spiro atoms. The van der Waals surface area contributed by atoms with Gasteiger partial charge in [-0.2, -0.15) is 0 Å². The molecule has 0 aliphatic heterocycles. The quantitative estimate of drug-likeness (QED) is 0.690. The summed E-state index contributed by atoms with van der Waals surface area (Å²) in [5.74, 6) is 0. The highest BCUT2D eigenvalue weighted by molar-refractivity contribution is 4.87. The molecule has 0 saturated heterocycles. The van der Waals surface area contributed by atoms with Crippen molar-refractivity contribution >= 4 is 0 Å². The topological polar surface area (TPSA) is 35.5 Å². The third-order valence-electron chi connectivity index (χ3n) is 3.50. The van der Waals surface area contributed by atoms with Crippen molar-refractivity contribution in [1.82, 2.24) is 10.2 Å². The van der Waals surface area contributed by atoms with Gasteiger partial charge in [0.2, 0.25) is 0 Å². The molecule has 0 heterocycles. The van der Waals surface area contributed by atoms with Gasteiger partial charge in [-0.15, -0.1) is 0 Å². The molecule has 0 bridgehead atoms. The number of hydrogen-bond acceptors (Lipinski definition) is 3. The predicted octanol–water partition coefficient (Wildman–Crippen LogP) is 0.831. The van der Waals surface area contributed by atoms with Crippen LogP contribution in [0, 0.1) is 0 Å². The molecule has 3 nitrogen and oxygen atoms in total. The van der Waals surface area contributed by atoms with Crippen molar-refractivity contribution < 1.29 is 5.11 Å². The molecule has 1 fully saturated rings. The normalized spacial score (nSPS) is 22.9. The summed E-state index contributed by atoms with van der Waals surface area (Å²) in [6.45, 7) is 3.18. The van der Waals surface area contributed by atoms with Crippen LogP contribution in [0.1, 0.15) is 32.6 Å². The average molecular weight is 200 g/mol. The Bertz CT molecular complexity index is 163. The Balaban J connectivity index is 2.41. The number of nitrogens with zero attached hydrogens (tertiary/aromatic N) is 1. The van der Waals surface area contributed by atoms with Crippen molar-refractivity contribution in [2.24, 2.45) is 0 Å². The van der Waals surface area contributed by atoms with E-state index >= 15 is 0 Å². The number of hydrogen-bond donors (Lipinski definition) is 2. The second-order valence-electron chi connectivity index (χ2n) is 4.82. The molecule has 0 radical (unpaired) electrons. The summed E-state index contributed by atoms with van der Waals surface area (Å²) in [6, 6.07) is 0.731. The minimum atomic E-state index is -0.155. The van der Waals surface area contributed by atoms with E-state index in [1.807, 2.05) is 7.05 Å². The van der Waals surface area contributed by atoms with E-state index in [1.165, 1.54) is 25.7 Å². The molecule has 84 valence electrons. The van der Waals surface area contributed by atoms with Gasteiger partial charge < -0.3 is 15.3 Å². The summed E-state index contributed by atoms with van der Waals surface area (Å²) in [6.07, 6.45) is 5.37. The van der Waals surface area contributed by atoms with Crippen LogP contribution in [0.5, 0.6) is 0 Å². The van der Waals surface area contributed by atoms with Gasteiger partial charge in [0.15, 0.2) is 0 Å². The van der Waals surface area contributed by atoms with Gasteiger partial charge in [-0.3, -0.25) is 0 Å². The number of nitrogens with one attached hydrogen (secondary N) is 1. The molecular weight excluding hydrogens is 176 g/mol. The highest BCUT2D eigenvalue weighted by Crippen LogP contribution is 2.23. The zero-order chi connectivity index (χ0) is 10.6. The first-order valence-corrected chi connectivity index (χ1v) is 5.61. The fourth-order valence-electron chi connectivity index (χ4n) is 2.23. The van der Waals surface area contributed by atoms with E-state index in [-0.39, 0.29) is 12.1 Å². The Morgan fingerprint density at radius 3 is 2.43 bits per heavy atom. The second-order valence-corrected chi connectivity index (χ2v) is 4.82. The summed E-state index contributed by atoms with van der Waals surface area (Å²) in [4.78, 5) is 2.39. The van der Waals surface area contributed by atoms with E-state index in [9.17, 15) is 5.11 Å². The van der Waals surface area contributed by atoms with Crippen LogP contribution in [0.15, 0.2) is 0 Å². The molecule has 0 amide bonds. The van der Waals surface area contributed by atoms with Crippen LogP contribution in [0.3, 0.4) is 0 Å². The van der Waals surface area contributed by atoms with Crippen molar-refractivity contribution in [3.05, 3.63) is 0 Å². The van der Waals surface area contributed by atoms with E-state index in [0.29, 0.717) is 0 Å². The summed E-state index contributed by atoms with van der Waals surface area (Å²) >= 11 is 0. The van der Waals surface area contributed by atoms with Crippen molar-refractivity contribution in [2.45, 2.75) is 44.2 Å². The molecule has 14 heavy (non-hydrogen) atoms. The summed E-state index contributed by atoms with van der Waals surface area (Å²) in [5, 5.41) is 12.5. The molecule has 1 unspecified atom stereocenters. The van der Waals surface area contributed by atoms with E-state index < -0.39 is 0 Å². The lowest BCUT2D eigenvalue weighted by molar-refractivity contribution is 0.118. The summed E-state index contributed by atoms with van der Waals surface area (Å²) in [7, 11) is 4.08. The smallest absolute Gasteiger partial charge is 0.0623 e. The largest absolute Gasteiger partial charge is 0.394 e. The van der Waals surface area contributed by atoms with Crippen LogP contribution in [0.4, 0.5) is 0 Å². The van der Waals surface area contributed by atoms with Crippen LogP contribution in [0.25, 0.3) is 0 Å². The van der Waals surface area contributed by atoms with Gasteiger partial charge in [-0.1, -0.05) is 12.8 Å². The number of aliphatic hydroxyl groups excluding tert-OH is 1. The second kappa shape index (κ2) is 5.10. The van der Waals surface area contributed by atoms with Crippen LogP contribution in [-0.2, 0) is 0 Å².